The average Bonchev–Trinajstić information content (AvgIpc) is 2.70. The lowest BCUT2D eigenvalue weighted by Gasteiger charge is -2.30. The number of amides is 2. The van der Waals surface area contributed by atoms with E-state index in [9.17, 15) is 27.9 Å². The monoisotopic (exact) mass is 513 g/mol. The maximum atomic E-state index is 13.8. The van der Waals surface area contributed by atoms with Crippen LogP contribution in [0, 0.1) is 17.0 Å². The van der Waals surface area contributed by atoms with Crippen molar-refractivity contribution in [3.63, 3.8) is 0 Å². The number of carbonyl (C=O) groups is 1. The molecular formula is C21H28N3O8PS. The number of aryl methyl sites for hydroxylation is 1. The zero-order chi connectivity index (χ0) is 25.7. The largest absolute Gasteiger partial charge is 0.357 e. The van der Waals surface area contributed by atoms with Gasteiger partial charge in [0.15, 0.2) is 5.78 Å². The van der Waals surface area contributed by atoms with Crippen LogP contribution in [0.5, 0.6) is 0 Å². The number of benzene rings is 2. The Labute approximate surface area is 198 Å². The molecule has 1 atom stereocenters. The van der Waals surface area contributed by atoms with Gasteiger partial charge in [0.2, 0.25) is 0 Å². The second kappa shape index (κ2) is 11.1. The van der Waals surface area contributed by atoms with E-state index in [0.717, 1.165) is 5.56 Å². The van der Waals surface area contributed by atoms with Crippen LogP contribution in [0.15, 0.2) is 53.4 Å². The van der Waals surface area contributed by atoms with Crippen LogP contribution in [0.2, 0.25) is 0 Å². The van der Waals surface area contributed by atoms with Crippen molar-refractivity contribution >= 4 is 29.3 Å². The lowest BCUT2D eigenvalue weighted by atomic mass is 10.2. The summed E-state index contributed by atoms with van der Waals surface area (Å²) in [7, 11) is -8.37. The minimum absolute atomic E-state index is 0.139. The lowest BCUT2D eigenvalue weighted by molar-refractivity contribution is -0.384. The molecule has 0 bridgehead atoms. The van der Waals surface area contributed by atoms with Crippen molar-refractivity contribution in [3.8, 4) is 0 Å². The Kier molecular flexibility index (Phi) is 8.96. The summed E-state index contributed by atoms with van der Waals surface area (Å²) in [6.45, 7) is 8.25. The van der Waals surface area contributed by atoms with E-state index in [4.69, 9.17) is 9.05 Å². The highest BCUT2D eigenvalue weighted by Gasteiger charge is 2.41. The maximum Gasteiger partial charge on any atom is 0.357 e. The summed E-state index contributed by atoms with van der Waals surface area (Å²) in [5.74, 6) is -1.45. The van der Waals surface area contributed by atoms with E-state index in [2.05, 4.69) is 5.32 Å². The molecule has 1 unspecified atom stereocenters. The molecule has 0 aromatic heterocycles. The van der Waals surface area contributed by atoms with Crippen LogP contribution >= 0.6 is 7.60 Å². The summed E-state index contributed by atoms with van der Waals surface area (Å²) in [5, 5.41) is 13.4. The van der Waals surface area contributed by atoms with Gasteiger partial charge in [-0.2, -0.15) is 0 Å². The lowest BCUT2D eigenvalue weighted by Crippen LogP contribution is -2.41. The van der Waals surface area contributed by atoms with E-state index in [1.165, 1.54) is 36.4 Å². The minimum Gasteiger partial charge on any atom is -0.319 e. The first kappa shape index (κ1) is 27.5. The average molecular weight is 514 g/mol. The topological polar surface area (TPSA) is 154 Å². The van der Waals surface area contributed by atoms with Crippen LogP contribution in [0.25, 0.3) is 0 Å². The second-order valence-corrected chi connectivity index (χ2v) is 11.7. The Balaban J connectivity index is 2.43. The predicted molar refractivity (Wildman–Crippen MR) is 126 cm³/mol. The van der Waals surface area contributed by atoms with Crippen LogP contribution < -0.4 is 10.0 Å². The molecule has 186 valence electrons. The molecule has 0 aliphatic heterocycles. The third-order valence-electron chi connectivity index (χ3n) is 4.28. The molecular weight excluding hydrogens is 485 g/mol. The number of nitro benzene ring substituents is 1. The van der Waals surface area contributed by atoms with E-state index in [1.807, 2.05) is 4.72 Å². The Hall–Kier alpha value is -2.79. The summed E-state index contributed by atoms with van der Waals surface area (Å²) in [6, 6.07) is 9.57. The fourth-order valence-corrected chi connectivity index (χ4v) is 6.11. The number of nitrogens with one attached hydrogen (secondary N) is 2. The standard InChI is InChI=1S/C21H28N3O8PS/c1-14(2)31-33(28,32-15(3)4)20(17-8-10-18(11-9-17)24(26)27)22-21(25)23-34(29,30)19-12-6-16(5)7-13-19/h6-15,20H,1-5H3,(H2,22,23,25). The first-order valence-corrected chi connectivity index (χ1v) is 13.4. The van der Waals surface area contributed by atoms with Crippen molar-refractivity contribution in [1.29, 1.82) is 0 Å². The molecule has 0 saturated heterocycles. The third kappa shape index (κ3) is 7.36. The third-order valence-corrected chi connectivity index (χ3v) is 8.12. The van der Waals surface area contributed by atoms with Crippen molar-refractivity contribution in [2.45, 2.75) is 57.5 Å². The van der Waals surface area contributed by atoms with Gasteiger partial charge in [-0.3, -0.25) is 14.7 Å². The molecule has 2 aromatic rings. The van der Waals surface area contributed by atoms with Gasteiger partial charge in [-0.1, -0.05) is 17.7 Å². The molecule has 2 N–H and O–H groups in total. The van der Waals surface area contributed by atoms with Crippen LogP contribution in [0.4, 0.5) is 10.5 Å². The molecule has 34 heavy (non-hydrogen) atoms. The van der Waals surface area contributed by atoms with Crippen molar-refractivity contribution in [1.82, 2.24) is 10.0 Å². The summed E-state index contributed by atoms with van der Waals surface area (Å²) in [6.07, 6.45) is -1.16. The van der Waals surface area contributed by atoms with Gasteiger partial charge in [0.25, 0.3) is 15.7 Å². The number of nitrogens with zero attached hydrogens (tertiary/aromatic N) is 1. The molecule has 13 heteroatoms. The van der Waals surface area contributed by atoms with Gasteiger partial charge in [-0.25, -0.2) is 17.9 Å². The Morgan fingerprint density at radius 1 is 0.971 bits per heavy atom. The van der Waals surface area contributed by atoms with Crippen molar-refractivity contribution in [3.05, 3.63) is 69.8 Å². The minimum atomic E-state index is -4.24. The van der Waals surface area contributed by atoms with Crippen molar-refractivity contribution in [2.75, 3.05) is 0 Å². The predicted octanol–water partition coefficient (Wildman–Crippen LogP) is 4.63. The number of rotatable bonds is 10. The molecule has 0 spiro atoms. The smallest absolute Gasteiger partial charge is 0.319 e. The highest BCUT2D eigenvalue weighted by molar-refractivity contribution is 7.90. The maximum absolute atomic E-state index is 13.8. The van der Waals surface area contributed by atoms with Gasteiger partial charge in [0, 0.05) is 12.1 Å². The molecule has 0 heterocycles. The van der Waals surface area contributed by atoms with E-state index in [1.54, 1.807) is 46.8 Å². The molecule has 11 nitrogen and oxygen atoms in total. The molecule has 2 aromatic carbocycles. The fraction of sp³-hybridized carbons (Fsp3) is 0.381. The highest BCUT2D eigenvalue weighted by Crippen LogP contribution is 2.61. The van der Waals surface area contributed by atoms with E-state index in [-0.39, 0.29) is 16.1 Å². The Morgan fingerprint density at radius 2 is 1.47 bits per heavy atom. The summed E-state index contributed by atoms with van der Waals surface area (Å²) >= 11 is 0. The summed E-state index contributed by atoms with van der Waals surface area (Å²) in [5.41, 5.74) is 0.774. The number of hydrogen-bond acceptors (Lipinski definition) is 8. The molecule has 2 rings (SSSR count). The van der Waals surface area contributed by atoms with E-state index < -0.39 is 46.6 Å². The number of non-ortho nitro benzene ring substituents is 1. The molecule has 0 aliphatic rings. The molecule has 2 amide bonds. The van der Waals surface area contributed by atoms with Gasteiger partial charge in [0.05, 0.1) is 22.0 Å². The first-order valence-electron chi connectivity index (χ1n) is 10.3. The fourth-order valence-electron chi connectivity index (χ4n) is 2.91. The Morgan fingerprint density at radius 3 is 1.91 bits per heavy atom. The van der Waals surface area contributed by atoms with Gasteiger partial charge < -0.3 is 14.4 Å². The van der Waals surface area contributed by atoms with Crippen LogP contribution in [0.1, 0.15) is 44.6 Å². The molecule has 0 fully saturated rings. The van der Waals surface area contributed by atoms with Gasteiger partial charge >= 0.3 is 13.6 Å². The van der Waals surface area contributed by atoms with Crippen LogP contribution in [-0.4, -0.2) is 31.6 Å². The van der Waals surface area contributed by atoms with Crippen molar-refractivity contribution in [2.24, 2.45) is 0 Å². The van der Waals surface area contributed by atoms with Crippen molar-refractivity contribution < 1.29 is 31.7 Å². The number of nitro groups is 1. The second-order valence-electron chi connectivity index (χ2n) is 7.99. The zero-order valence-corrected chi connectivity index (χ0v) is 21.1. The quantitative estimate of drug-likeness (QED) is 0.265. The highest BCUT2D eigenvalue weighted by atomic mass is 32.2. The number of hydrogen-bond donors (Lipinski definition) is 2. The first-order chi connectivity index (χ1) is 15.7. The number of urea groups is 1. The number of sulfonamides is 1. The Bertz CT molecular complexity index is 1150. The normalized spacial score (nSPS) is 13.0. The van der Waals surface area contributed by atoms with E-state index in [0.29, 0.717) is 0 Å². The molecule has 0 radical (unpaired) electrons. The number of carbonyl (C=O) groups excluding carboxylic acids is 1. The zero-order valence-electron chi connectivity index (χ0n) is 19.4. The molecule has 0 aliphatic carbocycles. The molecule has 0 saturated carbocycles. The van der Waals surface area contributed by atoms with Crippen LogP contribution in [-0.2, 0) is 23.6 Å². The van der Waals surface area contributed by atoms with Gasteiger partial charge in [-0.15, -0.1) is 0 Å². The van der Waals surface area contributed by atoms with Crippen LogP contribution in [0.3, 0.4) is 0 Å². The van der Waals surface area contributed by atoms with E-state index >= 15 is 0 Å². The van der Waals surface area contributed by atoms with Gasteiger partial charge in [0.1, 0.15) is 0 Å². The SMILES string of the molecule is Cc1ccc(S(=O)(=O)NC(=O)NC(c2ccc([N+](=O)[O-])cc2)P(=O)(OC(C)C)OC(C)C)cc1. The van der Waals surface area contributed by atoms with Gasteiger partial charge in [-0.05, 0) is 64.4 Å². The summed E-state index contributed by atoms with van der Waals surface area (Å²) in [4.78, 5) is 23.0. The summed E-state index contributed by atoms with van der Waals surface area (Å²) < 4.78 is 52.1.